The average Bonchev–Trinajstić information content (AvgIpc) is 2.73. The molecule has 0 atom stereocenters. The van der Waals surface area contributed by atoms with Crippen LogP contribution >= 0.6 is 0 Å². The van der Waals surface area contributed by atoms with E-state index < -0.39 is 17.5 Å². The van der Waals surface area contributed by atoms with Crippen molar-refractivity contribution in [2.75, 3.05) is 0 Å². The molecule has 0 bridgehead atoms. The van der Waals surface area contributed by atoms with Gasteiger partial charge in [-0.15, -0.1) is 0 Å². The van der Waals surface area contributed by atoms with Gasteiger partial charge >= 0.3 is 12.0 Å². The fraction of sp³-hybridized carbons (Fsp3) is 0.533. The smallest absolute Gasteiger partial charge is 0.329 e. The molecule has 6 heteroatoms. The van der Waals surface area contributed by atoms with Gasteiger partial charge in [-0.3, -0.25) is 4.98 Å². The molecule has 6 nitrogen and oxygen atoms in total. The van der Waals surface area contributed by atoms with E-state index in [1.54, 1.807) is 18.3 Å². The number of hydrogen-bond acceptors (Lipinski definition) is 3. The van der Waals surface area contributed by atoms with Crippen molar-refractivity contribution in [3.05, 3.63) is 30.1 Å². The van der Waals surface area contributed by atoms with E-state index >= 15 is 0 Å². The molecule has 1 aromatic rings. The molecule has 114 valence electrons. The SMILES string of the molecule is O=C(NCc1ccccn1)NC1(C(=O)O)CCCCCC1. The Labute approximate surface area is 124 Å². The van der Waals surface area contributed by atoms with Gasteiger partial charge in [0.25, 0.3) is 0 Å². The van der Waals surface area contributed by atoms with Gasteiger partial charge < -0.3 is 15.7 Å². The number of nitrogens with one attached hydrogen (secondary N) is 2. The zero-order valence-electron chi connectivity index (χ0n) is 12.0. The van der Waals surface area contributed by atoms with Gasteiger partial charge in [0.2, 0.25) is 0 Å². The van der Waals surface area contributed by atoms with Crippen LogP contribution in [0.2, 0.25) is 0 Å². The highest BCUT2D eigenvalue weighted by Gasteiger charge is 2.39. The maximum Gasteiger partial charge on any atom is 0.329 e. The summed E-state index contributed by atoms with van der Waals surface area (Å²) in [6.45, 7) is 0.280. The summed E-state index contributed by atoms with van der Waals surface area (Å²) >= 11 is 0. The highest BCUT2D eigenvalue weighted by Crippen LogP contribution is 2.27. The van der Waals surface area contributed by atoms with Crippen molar-refractivity contribution < 1.29 is 14.7 Å². The Morgan fingerprint density at radius 1 is 1.19 bits per heavy atom. The van der Waals surface area contributed by atoms with Gasteiger partial charge in [-0.2, -0.15) is 0 Å². The minimum Gasteiger partial charge on any atom is -0.480 e. The fourth-order valence-electron chi connectivity index (χ4n) is 2.66. The van der Waals surface area contributed by atoms with Crippen LogP contribution in [0.3, 0.4) is 0 Å². The number of carboxylic acids is 1. The molecule has 0 aromatic carbocycles. The number of carbonyl (C=O) groups is 2. The number of urea groups is 1. The molecule has 1 aliphatic rings. The lowest BCUT2D eigenvalue weighted by Crippen LogP contribution is -2.56. The number of carbonyl (C=O) groups excluding carboxylic acids is 1. The van der Waals surface area contributed by atoms with Crippen molar-refractivity contribution in [2.24, 2.45) is 0 Å². The minimum absolute atomic E-state index is 0.280. The second kappa shape index (κ2) is 7.06. The molecule has 3 N–H and O–H groups in total. The van der Waals surface area contributed by atoms with Crippen LogP contribution in [0.25, 0.3) is 0 Å². The van der Waals surface area contributed by atoms with E-state index in [-0.39, 0.29) is 6.54 Å². The van der Waals surface area contributed by atoms with Gasteiger partial charge in [-0.1, -0.05) is 31.7 Å². The first-order valence-corrected chi connectivity index (χ1v) is 7.32. The number of aliphatic carboxylic acids is 1. The molecule has 1 fully saturated rings. The summed E-state index contributed by atoms with van der Waals surface area (Å²) in [4.78, 5) is 27.7. The van der Waals surface area contributed by atoms with E-state index in [2.05, 4.69) is 15.6 Å². The van der Waals surface area contributed by atoms with Gasteiger partial charge in [-0.25, -0.2) is 9.59 Å². The highest BCUT2D eigenvalue weighted by molar-refractivity contribution is 5.86. The van der Waals surface area contributed by atoms with Gasteiger partial charge in [-0.05, 0) is 25.0 Å². The lowest BCUT2D eigenvalue weighted by atomic mass is 9.90. The highest BCUT2D eigenvalue weighted by atomic mass is 16.4. The lowest BCUT2D eigenvalue weighted by Gasteiger charge is -2.29. The van der Waals surface area contributed by atoms with E-state index in [4.69, 9.17) is 0 Å². The Kier molecular flexibility index (Phi) is 5.14. The molecular weight excluding hydrogens is 270 g/mol. The third-order valence-corrected chi connectivity index (χ3v) is 3.88. The summed E-state index contributed by atoms with van der Waals surface area (Å²) in [5.74, 6) is -0.947. The standard InChI is InChI=1S/C15H21N3O3/c19-13(20)15(8-4-1-2-5-9-15)18-14(21)17-11-12-7-3-6-10-16-12/h3,6-7,10H,1-2,4-5,8-9,11H2,(H,19,20)(H2,17,18,21). The number of hydrogen-bond donors (Lipinski definition) is 3. The molecule has 0 aliphatic heterocycles. The maximum absolute atomic E-state index is 12.0. The van der Waals surface area contributed by atoms with E-state index in [0.717, 1.165) is 31.4 Å². The Morgan fingerprint density at radius 2 is 1.90 bits per heavy atom. The largest absolute Gasteiger partial charge is 0.480 e. The minimum atomic E-state index is -1.13. The molecule has 1 aliphatic carbocycles. The van der Waals surface area contributed by atoms with Crippen LogP contribution in [-0.4, -0.2) is 27.6 Å². The van der Waals surface area contributed by atoms with Crippen molar-refractivity contribution in [3.8, 4) is 0 Å². The molecule has 0 radical (unpaired) electrons. The van der Waals surface area contributed by atoms with E-state index in [9.17, 15) is 14.7 Å². The monoisotopic (exact) mass is 291 g/mol. The molecule has 21 heavy (non-hydrogen) atoms. The molecule has 2 amide bonds. The van der Waals surface area contributed by atoms with E-state index in [1.165, 1.54) is 0 Å². The fourth-order valence-corrected chi connectivity index (χ4v) is 2.66. The van der Waals surface area contributed by atoms with Crippen LogP contribution in [0.5, 0.6) is 0 Å². The van der Waals surface area contributed by atoms with Gasteiger partial charge in [0.1, 0.15) is 5.54 Å². The Bertz CT molecular complexity index is 482. The van der Waals surface area contributed by atoms with Crippen LogP contribution in [0.4, 0.5) is 4.79 Å². The molecule has 1 saturated carbocycles. The predicted octanol–water partition coefficient (Wildman–Crippen LogP) is 2.06. The molecular formula is C15H21N3O3. The molecule has 0 spiro atoms. The molecule has 1 heterocycles. The number of pyridine rings is 1. The first-order valence-electron chi connectivity index (χ1n) is 7.32. The Hall–Kier alpha value is -2.11. The Morgan fingerprint density at radius 3 is 2.48 bits per heavy atom. The van der Waals surface area contributed by atoms with Crippen LogP contribution in [0.1, 0.15) is 44.2 Å². The van der Waals surface area contributed by atoms with Gasteiger partial charge in [0.05, 0.1) is 12.2 Å². The first kappa shape index (κ1) is 15.3. The first-order chi connectivity index (χ1) is 10.1. The predicted molar refractivity (Wildman–Crippen MR) is 77.7 cm³/mol. The number of nitrogens with zero attached hydrogens (tertiary/aromatic N) is 1. The van der Waals surface area contributed by atoms with Crippen molar-refractivity contribution in [2.45, 2.75) is 50.6 Å². The number of rotatable bonds is 4. The van der Waals surface area contributed by atoms with Crippen molar-refractivity contribution in [1.29, 1.82) is 0 Å². The van der Waals surface area contributed by atoms with E-state index in [0.29, 0.717) is 12.8 Å². The zero-order valence-corrected chi connectivity index (χ0v) is 12.0. The molecule has 0 unspecified atom stereocenters. The zero-order chi connectivity index (χ0) is 15.1. The van der Waals surface area contributed by atoms with E-state index in [1.807, 2.05) is 6.07 Å². The third-order valence-electron chi connectivity index (χ3n) is 3.88. The topological polar surface area (TPSA) is 91.3 Å². The maximum atomic E-state index is 12.0. The summed E-state index contributed by atoms with van der Waals surface area (Å²) in [7, 11) is 0. The Balaban J connectivity index is 1.93. The third kappa shape index (κ3) is 4.18. The molecule has 0 saturated heterocycles. The van der Waals surface area contributed by atoms with Crippen LogP contribution in [0.15, 0.2) is 24.4 Å². The number of aromatic nitrogens is 1. The van der Waals surface area contributed by atoms with Gasteiger partial charge in [0.15, 0.2) is 0 Å². The van der Waals surface area contributed by atoms with Gasteiger partial charge in [0, 0.05) is 6.20 Å². The summed E-state index contributed by atoms with van der Waals surface area (Å²) < 4.78 is 0. The summed E-state index contributed by atoms with van der Waals surface area (Å²) in [5.41, 5.74) is -0.400. The quantitative estimate of drug-likeness (QED) is 0.740. The van der Waals surface area contributed by atoms with Crippen molar-refractivity contribution in [3.63, 3.8) is 0 Å². The normalized spacial score (nSPS) is 17.5. The molecule has 2 rings (SSSR count). The summed E-state index contributed by atoms with van der Waals surface area (Å²) in [6.07, 6.45) is 6.32. The number of carboxylic acid groups (broad SMARTS) is 1. The summed E-state index contributed by atoms with van der Waals surface area (Å²) in [5, 5.41) is 14.8. The van der Waals surface area contributed by atoms with Crippen LogP contribution < -0.4 is 10.6 Å². The van der Waals surface area contributed by atoms with Crippen LogP contribution in [0, 0.1) is 0 Å². The van der Waals surface area contributed by atoms with Crippen molar-refractivity contribution >= 4 is 12.0 Å². The number of amides is 2. The second-order valence-electron chi connectivity index (χ2n) is 5.43. The van der Waals surface area contributed by atoms with Crippen LogP contribution in [-0.2, 0) is 11.3 Å². The lowest BCUT2D eigenvalue weighted by molar-refractivity contribution is -0.145. The summed E-state index contributed by atoms with van der Waals surface area (Å²) in [6, 6.07) is 4.99. The second-order valence-corrected chi connectivity index (χ2v) is 5.43. The van der Waals surface area contributed by atoms with Crippen molar-refractivity contribution in [1.82, 2.24) is 15.6 Å². The average molecular weight is 291 g/mol. The molecule has 1 aromatic heterocycles.